The molecule has 8 heteroatoms. The molecule has 0 saturated heterocycles. The average molecular weight is 402 g/mol. The number of aromatic hydroxyl groups is 1. The Kier molecular flexibility index (Phi) is 5.13. The SMILES string of the molecule is COC(=O)c1ccc(O)c(Nc2nc(-c3cccnc3)nc3ccc(OC)cc23)c1. The molecule has 4 rings (SSSR count). The third kappa shape index (κ3) is 3.70. The molecule has 2 N–H and O–H groups in total. The van der Waals surface area contributed by atoms with Crippen molar-refractivity contribution in [2.75, 3.05) is 19.5 Å². The highest BCUT2D eigenvalue weighted by molar-refractivity contribution is 5.95. The number of phenols is 1. The zero-order valence-corrected chi connectivity index (χ0v) is 16.3. The molecule has 0 fully saturated rings. The van der Waals surface area contributed by atoms with Crippen molar-refractivity contribution in [3.05, 3.63) is 66.5 Å². The first kappa shape index (κ1) is 19.1. The Morgan fingerprint density at radius 1 is 1.07 bits per heavy atom. The zero-order valence-electron chi connectivity index (χ0n) is 16.3. The Balaban J connectivity index is 1.87. The average Bonchev–Trinajstić information content (AvgIpc) is 2.80. The lowest BCUT2D eigenvalue weighted by Gasteiger charge is -2.13. The van der Waals surface area contributed by atoms with Crippen LogP contribution in [0.15, 0.2) is 60.9 Å². The van der Waals surface area contributed by atoms with Crippen LogP contribution in [-0.2, 0) is 4.74 Å². The van der Waals surface area contributed by atoms with Crippen LogP contribution in [0.2, 0.25) is 0 Å². The number of phenolic OH excluding ortho intramolecular Hbond substituents is 1. The Morgan fingerprint density at radius 2 is 1.93 bits per heavy atom. The third-order valence-electron chi connectivity index (χ3n) is 4.49. The minimum Gasteiger partial charge on any atom is -0.506 e. The lowest BCUT2D eigenvalue weighted by Crippen LogP contribution is -2.04. The van der Waals surface area contributed by atoms with Gasteiger partial charge in [-0.2, -0.15) is 0 Å². The van der Waals surface area contributed by atoms with Gasteiger partial charge in [-0.15, -0.1) is 0 Å². The number of pyridine rings is 1. The number of nitrogens with zero attached hydrogens (tertiary/aromatic N) is 3. The highest BCUT2D eigenvalue weighted by Gasteiger charge is 2.14. The van der Waals surface area contributed by atoms with Crippen molar-refractivity contribution in [3.63, 3.8) is 0 Å². The van der Waals surface area contributed by atoms with Gasteiger partial charge in [0.25, 0.3) is 0 Å². The standard InChI is InChI=1S/C22H18N4O4/c1-29-15-6-7-17-16(11-15)21(26-20(24-17)14-4-3-9-23-12-14)25-18-10-13(22(28)30-2)5-8-19(18)27/h3-12,27H,1-2H3,(H,24,25,26). The first-order valence-corrected chi connectivity index (χ1v) is 9.03. The third-order valence-corrected chi connectivity index (χ3v) is 4.49. The molecular weight excluding hydrogens is 384 g/mol. The number of methoxy groups -OCH3 is 2. The summed E-state index contributed by atoms with van der Waals surface area (Å²) in [6.07, 6.45) is 3.34. The van der Waals surface area contributed by atoms with Crippen molar-refractivity contribution in [2.45, 2.75) is 0 Å². The topological polar surface area (TPSA) is 106 Å². The Hall–Kier alpha value is -4.20. The second kappa shape index (κ2) is 8.04. The first-order chi connectivity index (χ1) is 14.6. The van der Waals surface area contributed by atoms with Crippen molar-refractivity contribution < 1.29 is 19.4 Å². The molecule has 0 unspecified atom stereocenters. The number of carbonyl (C=O) groups excluding carboxylic acids is 1. The van der Waals surface area contributed by atoms with Gasteiger partial charge in [-0.25, -0.2) is 14.8 Å². The van der Waals surface area contributed by atoms with E-state index in [0.29, 0.717) is 39.5 Å². The van der Waals surface area contributed by atoms with Crippen LogP contribution in [0, 0.1) is 0 Å². The number of benzene rings is 2. The minimum atomic E-state index is -0.511. The van der Waals surface area contributed by atoms with Gasteiger partial charge in [0.1, 0.15) is 17.3 Å². The number of anilines is 2. The summed E-state index contributed by atoms with van der Waals surface area (Å²) in [5.41, 5.74) is 2.01. The highest BCUT2D eigenvalue weighted by atomic mass is 16.5. The molecule has 0 saturated carbocycles. The Bertz CT molecular complexity index is 1230. The molecule has 150 valence electrons. The molecule has 0 bridgehead atoms. The van der Waals surface area contributed by atoms with Gasteiger partial charge in [0.05, 0.1) is 31.0 Å². The largest absolute Gasteiger partial charge is 0.506 e. The molecule has 0 aliphatic heterocycles. The minimum absolute atomic E-state index is 0.0414. The maximum absolute atomic E-state index is 11.9. The van der Waals surface area contributed by atoms with Gasteiger partial charge < -0.3 is 19.9 Å². The second-order valence-corrected chi connectivity index (χ2v) is 6.37. The quantitative estimate of drug-likeness (QED) is 0.382. The number of esters is 1. The van der Waals surface area contributed by atoms with E-state index in [-0.39, 0.29) is 5.75 Å². The van der Waals surface area contributed by atoms with Gasteiger partial charge in [0.2, 0.25) is 0 Å². The molecule has 0 radical (unpaired) electrons. The van der Waals surface area contributed by atoms with Crippen LogP contribution < -0.4 is 10.1 Å². The summed E-state index contributed by atoms with van der Waals surface area (Å²) >= 11 is 0. The number of aromatic nitrogens is 3. The highest BCUT2D eigenvalue weighted by Crippen LogP contribution is 2.33. The number of nitrogens with one attached hydrogen (secondary N) is 1. The molecule has 0 aliphatic rings. The fourth-order valence-corrected chi connectivity index (χ4v) is 2.96. The summed E-state index contributed by atoms with van der Waals surface area (Å²) < 4.78 is 10.1. The molecule has 0 spiro atoms. The molecular formula is C22H18N4O4. The predicted molar refractivity (Wildman–Crippen MR) is 112 cm³/mol. The summed E-state index contributed by atoms with van der Waals surface area (Å²) in [6.45, 7) is 0. The van der Waals surface area contributed by atoms with Gasteiger partial charge in [-0.1, -0.05) is 0 Å². The van der Waals surface area contributed by atoms with Crippen LogP contribution in [0.5, 0.6) is 11.5 Å². The monoisotopic (exact) mass is 402 g/mol. The molecule has 30 heavy (non-hydrogen) atoms. The van der Waals surface area contributed by atoms with Crippen molar-refractivity contribution in [2.24, 2.45) is 0 Å². The second-order valence-electron chi connectivity index (χ2n) is 6.37. The Labute approximate surface area is 172 Å². The van der Waals surface area contributed by atoms with Gasteiger partial charge in [-0.3, -0.25) is 4.98 Å². The summed E-state index contributed by atoms with van der Waals surface area (Å²) in [5.74, 6) is 0.987. The van der Waals surface area contributed by atoms with Crippen molar-refractivity contribution in [1.82, 2.24) is 15.0 Å². The number of fused-ring (bicyclic) bond motifs is 1. The van der Waals surface area contributed by atoms with Crippen molar-refractivity contribution >= 4 is 28.4 Å². The number of hydrogen-bond donors (Lipinski definition) is 2. The summed E-state index contributed by atoms with van der Waals surface area (Å²) in [7, 11) is 2.87. The van der Waals surface area contributed by atoms with E-state index in [1.165, 1.54) is 25.3 Å². The Morgan fingerprint density at radius 3 is 2.67 bits per heavy atom. The van der Waals surface area contributed by atoms with E-state index >= 15 is 0 Å². The van der Waals surface area contributed by atoms with E-state index in [0.717, 1.165) is 5.56 Å². The van der Waals surface area contributed by atoms with Crippen LogP contribution in [0.1, 0.15) is 10.4 Å². The lowest BCUT2D eigenvalue weighted by molar-refractivity contribution is 0.0601. The van der Waals surface area contributed by atoms with Crippen molar-refractivity contribution in [1.29, 1.82) is 0 Å². The smallest absolute Gasteiger partial charge is 0.337 e. The zero-order chi connectivity index (χ0) is 21.1. The maximum Gasteiger partial charge on any atom is 0.337 e. The lowest BCUT2D eigenvalue weighted by atomic mass is 10.1. The molecule has 0 amide bonds. The van der Waals surface area contributed by atoms with Crippen LogP contribution >= 0.6 is 0 Å². The predicted octanol–water partition coefficient (Wildman–Crippen LogP) is 3.94. The van der Waals surface area contributed by atoms with E-state index in [1.54, 1.807) is 31.6 Å². The normalized spacial score (nSPS) is 10.6. The fourth-order valence-electron chi connectivity index (χ4n) is 2.96. The number of hydrogen-bond acceptors (Lipinski definition) is 8. The van der Waals surface area contributed by atoms with E-state index in [2.05, 4.69) is 20.3 Å². The summed E-state index contributed by atoms with van der Waals surface area (Å²) in [5, 5.41) is 14.1. The van der Waals surface area contributed by atoms with Gasteiger partial charge in [0, 0.05) is 23.3 Å². The maximum atomic E-state index is 11.9. The first-order valence-electron chi connectivity index (χ1n) is 9.03. The summed E-state index contributed by atoms with van der Waals surface area (Å²) in [6, 6.07) is 13.5. The number of rotatable bonds is 5. The van der Waals surface area contributed by atoms with Gasteiger partial charge in [-0.05, 0) is 48.5 Å². The van der Waals surface area contributed by atoms with Crippen LogP contribution in [0.4, 0.5) is 11.5 Å². The summed E-state index contributed by atoms with van der Waals surface area (Å²) in [4.78, 5) is 25.3. The number of ether oxygens (including phenoxy) is 2. The van der Waals surface area contributed by atoms with Crippen molar-refractivity contribution in [3.8, 4) is 22.9 Å². The molecule has 8 nitrogen and oxygen atoms in total. The van der Waals surface area contributed by atoms with Crippen LogP contribution in [0.3, 0.4) is 0 Å². The molecule has 0 aliphatic carbocycles. The molecule has 4 aromatic rings. The van der Waals surface area contributed by atoms with E-state index in [4.69, 9.17) is 9.47 Å². The molecule has 0 atom stereocenters. The van der Waals surface area contributed by atoms with E-state index < -0.39 is 5.97 Å². The molecule has 2 heterocycles. The van der Waals surface area contributed by atoms with E-state index in [1.807, 2.05) is 18.2 Å². The number of carbonyl (C=O) groups is 1. The van der Waals surface area contributed by atoms with Crippen LogP contribution in [0.25, 0.3) is 22.3 Å². The van der Waals surface area contributed by atoms with Gasteiger partial charge in [0.15, 0.2) is 5.82 Å². The fraction of sp³-hybridized carbons (Fsp3) is 0.0909. The molecule has 2 aromatic heterocycles. The van der Waals surface area contributed by atoms with Crippen LogP contribution in [-0.4, -0.2) is 40.2 Å². The van der Waals surface area contributed by atoms with Gasteiger partial charge >= 0.3 is 5.97 Å². The van der Waals surface area contributed by atoms with E-state index in [9.17, 15) is 9.90 Å². The molecule has 2 aromatic carbocycles.